The van der Waals surface area contributed by atoms with E-state index in [1.807, 2.05) is 24.3 Å². The summed E-state index contributed by atoms with van der Waals surface area (Å²) in [4.78, 5) is 1.06. The standard InChI is InChI=1S/C11H11ClN2OS/c1-15-11-3-2-7(4-9(11)12)10-5-8(6-13)16-14-10/h2-5H,6,13H2,1H3. The number of aromatic nitrogens is 1. The maximum absolute atomic E-state index is 6.05. The lowest BCUT2D eigenvalue weighted by Gasteiger charge is -2.03. The molecule has 84 valence electrons. The molecule has 0 saturated heterocycles. The number of hydrogen-bond acceptors (Lipinski definition) is 4. The number of benzene rings is 1. The largest absolute Gasteiger partial charge is 0.495 e. The third-order valence-electron chi connectivity index (χ3n) is 2.21. The van der Waals surface area contributed by atoms with Crippen molar-refractivity contribution < 1.29 is 4.74 Å². The lowest BCUT2D eigenvalue weighted by Crippen LogP contribution is -1.91. The fourth-order valence-corrected chi connectivity index (χ4v) is 2.24. The van der Waals surface area contributed by atoms with E-state index in [2.05, 4.69) is 4.37 Å². The number of rotatable bonds is 3. The van der Waals surface area contributed by atoms with Gasteiger partial charge in [-0.05, 0) is 35.8 Å². The molecule has 0 aliphatic heterocycles. The number of halogens is 1. The Morgan fingerprint density at radius 2 is 2.25 bits per heavy atom. The van der Waals surface area contributed by atoms with Crippen LogP contribution in [-0.2, 0) is 6.54 Å². The van der Waals surface area contributed by atoms with Crippen molar-refractivity contribution in [3.05, 3.63) is 34.2 Å². The second-order valence-corrected chi connectivity index (χ2v) is 4.53. The molecule has 1 aromatic carbocycles. The molecule has 0 aliphatic carbocycles. The summed E-state index contributed by atoms with van der Waals surface area (Å²) in [6, 6.07) is 7.58. The van der Waals surface area contributed by atoms with Crippen molar-refractivity contribution in [2.24, 2.45) is 5.73 Å². The molecule has 0 unspecified atom stereocenters. The minimum absolute atomic E-state index is 0.515. The van der Waals surface area contributed by atoms with Gasteiger partial charge in [0.2, 0.25) is 0 Å². The van der Waals surface area contributed by atoms with Gasteiger partial charge in [-0.1, -0.05) is 11.6 Å². The van der Waals surface area contributed by atoms with Crippen LogP contribution in [0.2, 0.25) is 5.02 Å². The number of nitrogens with two attached hydrogens (primary N) is 1. The highest BCUT2D eigenvalue weighted by Gasteiger charge is 2.07. The Kier molecular flexibility index (Phi) is 3.43. The van der Waals surface area contributed by atoms with Gasteiger partial charge in [0, 0.05) is 17.0 Å². The van der Waals surface area contributed by atoms with Crippen LogP contribution in [-0.4, -0.2) is 11.5 Å². The molecule has 0 radical (unpaired) electrons. The van der Waals surface area contributed by atoms with Crippen LogP contribution in [0.4, 0.5) is 0 Å². The second-order valence-electron chi connectivity index (χ2n) is 3.23. The van der Waals surface area contributed by atoms with Crippen molar-refractivity contribution in [2.75, 3.05) is 7.11 Å². The van der Waals surface area contributed by atoms with Crippen molar-refractivity contribution in [3.8, 4) is 17.0 Å². The third kappa shape index (κ3) is 2.19. The Hall–Kier alpha value is -1.10. The highest BCUT2D eigenvalue weighted by Crippen LogP contribution is 2.30. The SMILES string of the molecule is COc1ccc(-c2cc(CN)sn2)cc1Cl. The maximum Gasteiger partial charge on any atom is 0.137 e. The minimum atomic E-state index is 0.515. The van der Waals surface area contributed by atoms with E-state index in [0.29, 0.717) is 17.3 Å². The first-order valence-electron chi connectivity index (χ1n) is 4.74. The van der Waals surface area contributed by atoms with Crippen LogP contribution in [0.1, 0.15) is 4.88 Å². The summed E-state index contributed by atoms with van der Waals surface area (Å²) in [5.74, 6) is 0.666. The maximum atomic E-state index is 6.05. The molecule has 16 heavy (non-hydrogen) atoms. The van der Waals surface area contributed by atoms with Gasteiger partial charge in [0.05, 0.1) is 17.8 Å². The van der Waals surface area contributed by atoms with Crippen LogP contribution < -0.4 is 10.5 Å². The van der Waals surface area contributed by atoms with Crippen molar-refractivity contribution in [1.29, 1.82) is 0 Å². The normalized spacial score (nSPS) is 10.4. The summed E-state index contributed by atoms with van der Waals surface area (Å²) in [5, 5.41) is 0.585. The number of methoxy groups -OCH3 is 1. The average Bonchev–Trinajstić information content (AvgIpc) is 2.77. The summed E-state index contributed by atoms with van der Waals surface area (Å²) in [5.41, 5.74) is 7.41. The molecule has 0 fully saturated rings. The van der Waals surface area contributed by atoms with E-state index in [-0.39, 0.29) is 0 Å². The summed E-state index contributed by atoms with van der Waals surface area (Å²) in [6.07, 6.45) is 0. The van der Waals surface area contributed by atoms with Gasteiger partial charge in [0.1, 0.15) is 5.75 Å². The second kappa shape index (κ2) is 4.82. The molecule has 1 heterocycles. The van der Waals surface area contributed by atoms with Gasteiger partial charge in [0.25, 0.3) is 0 Å². The molecule has 2 aromatic rings. The molecule has 0 spiro atoms. The van der Waals surface area contributed by atoms with E-state index in [4.69, 9.17) is 22.1 Å². The van der Waals surface area contributed by atoms with Crippen molar-refractivity contribution in [3.63, 3.8) is 0 Å². The molecule has 2 N–H and O–H groups in total. The Bertz CT molecular complexity index is 498. The Balaban J connectivity index is 2.37. The Labute approximate surface area is 103 Å². The van der Waals surface area contributed by atoms with E-state index in [0.717, 1.165) is 16.1 Å². The zero-order chi connectivity index (χ0) is 11.5. The third-order valence-corrected chi connectivity index (χ3v) is 3.31. The molecule has 1 aromatic heterocycles. The molecule has 0 saturated carbocycles. The van der Waals surface area contributed by atoms with Gasteiger partial charge in [0.15, 0.2) is 0 Å². The monoisotopic (exact) mass is 254 g/mol. The fraction of sp³-hybridized carbons (Fsp3) is 0.182. The summed E-state index contributed by atoms with van der Waals surface area (Å²) < 4.78 is 9.41. The predicted molar refractivity (Wildman–Crippen MR) is 67.0 cm³/mol. The van der Waals surface area contributed by atoms with Gasteiger partial charge in [-0.3, -0.25) is 0 Å². The van der Waals surface area contributed by atoms with Gasteiger partial charge < -0.3 is 10.5 Å². The topological polar surface area (TPSA) is 48.1 Å². The highest BCUT2D eigenvalue weighted by molar-refractivity contribution is 7.06. The first kappa shape index (κ1) is 11.4. The van der Waals surface area contributed by atoms with Gasteiger partial charge in [-0.15, -0.1) is 0 Å². The Morgan fingerprint density at radius 1 is 1.44 bits per heavy atom. The smallest absolute Gasteiger partial charge is 0.137 e. The summed E-state index contributed by atoms with van der Waals surface area (Å²) in [7, 11) is 1.59. The predicted octanol–water partition coefficient (Wildman–Crippen LogP) is 2.93. The molecule has 3 nitrogen and oxygen atoms in total. The lowest BCUT2D eigenvalue weighted by molar-refractivity contribution is 0.415. The van der Waals surface area contributed by atoms with Crippen LogP contribution in [0, 0.1) is 0 Å². The van der Waals surface area contributed by atoms with E-state index < -0.39 is 0 Å². The number of ether oxygens (including phenoxy) is 1. The van der Waals surface area contributed by atoms with E-state index in [1.165, 1.54) is 11.5 Å². The van der Waals surface area contributed by atoms with Gasteiger partial charge >= 0.3 is 0 Å². The van der Waals surface area contributed by atoms with Crippen molar-refractivity contribution in [2.45, 2.75) is 6.54 Å². The van der Waals surface area contributed by atoms with E-state index in [1.54, 1.807) is 7.11 Å². The first-order chi connectivity index (χ1) is 7.74. The zero-order valence-electron chi connectivity index (χ0n) is 8.74. The van der Waals surface area contributed by atoms with E-state index >= 15 is 0 Å². The minimum Gasteiger partial charge on any atom is -0.495 e. The molecule has 0 atom stereocenters. The lowest BCUT2D eigenvalue weighted by atomic mass is 10.1. The Morgan fingerprint density at radius 3 is 2.81 bits per heavy atom. The van der Waals surface area contributed by atoms with Gasteiger partial charge in [-0.2, -0.15) is 4.37 Å². The van der Waals surface area contributed by atoms with Crippen LogP contribution in [0.3, 0.4) is 0 Å². The quantitative estimate of drug-likeness (QED) is 0.916. The highest BCUT2D eigenvalue weighted by atomic mass is 35.5. The average molecular weight is 255 g/mol. The molecule has 0 amide bonds. The summed E-state index contributed by atoms with van der Waals surface area (Å²) in [6.45, 7) is 0.515. The molecular formula is C11H11ClN2OS. The van der Waals surface area contributed by atoms with Crippen LogP contribution in [0.5, 0.6) is 5.75 Å². The molecule has 2 rings (SSSR count). The van der Waals surface area contributed by atoms with Crippen LogP contribution >= 0.6 is 23.1 Å². The first-order valence-corrected chi connectivity index (χ1v) is 5.89. The molecular weight excluding hydrogens is 244 g/mol. The number of hydrogen-bond donors (Lipinski definition) is 1. The van der Waals surface area contributed by atoms with Crippen LogP contribution in [0.15, 0.2) is 24.3 Å². The molecule has 0 aliphatic rings. The van der Waals surface area contributed by atoms with Crippen LogP contribution in [0.25, 0.3) is 11.3 Å². The molecule has 5 heteroatoms. The van der Waals surface area contributed by atoms with Crippen molar-refractivity contribution >= 4 is 23.1 Å². The van der Waals surface area contributed by atoms with Crippen molar-refractivity contribution in [1.82, 2.24) is 4.37 Å². The van der Waals surface area contributed by atoms with Gasteiger partial charge in [-0.25, -0.2) is 0 Å². The van der Waals surface area contributed by atoms with E-state index in [9.17, 15) is 0 Å². The fourth-order valence-electron chi connectivity index (χ4n) is 1.37. The zero-order valence-corrected chi connectivity index (χ0v) is 10.3. The number of nitrogens with zero attached hydrogens (tertiary/aromatic N) is 1. The molecule has 0 bridgehead atoms. The summed E-state index contributed by atoms with van der Waals surface area (Å²) >= 11 is 7.46.